The van der Waals surface area contributed by atoms with E-state index in [-0.39, 0.29) is 40.8 Å². The van der Waals surface area contributed by atoms with E-state index in [1.54, 1.807) is 24.0 Å². The van der Waals surface area contributed by atoms with Gasteiger partial charge in [0.05, 0.1) is 11.5 Å². The molecule has 1 atom stereocenters. The second-order valence-electron chi connectivity index (χ2n) is 7.34. The molecule has 1 aromatic rings. The standard InChI is InChI=1S/C19H25NO6S/c1-13-5-4-8-16(18(13)22)19(23)26-11-17(21)20(14-6-2-3-7-14)15-9-10-27(24,25)12-15/h4-5,8,14-15,22H,2-3,6-7,9-12H2,1H3/t15-/m1/s1. The largest absolute Gasteiger partial charge is 0.507 e. The molecule has 27 heavy (non-hydrogen) atoms. The smallest absolute Gasteiger partial charge is 0.342 e. The van der Waals surface area contributed by atoms with Gasteiger partial charge >= 0.3 is 5.97 Å². The number of para-hydroxylation sites is 1. The van der Waals surface area contributed by atoms with Crippen LogP contribution in [0.2, 0.25) is 0 Å². The number of hydrogen-bond acceptors (Lipinski definition) is 6. The van der Waals surface area contributed by atoms with Gasteiger partial charge in [0.1, 0.15) is 11.3 Å². The molecule has 1 amide bonds. The quantitative estimate of drug-likeness (QED) is 0.763. The topological polar surface area (TPSA) is 101 Å². The number of sulfone groups is 1. The van der Waals surface area contributed by atoms with Crippen LogP contribution in [0.5, 0.6) is 5.75 Å². The number of hydrogen-bond donors (Lipinski definition) is 1. The first-order valence-electron chi connectivity index (χ1n) is 9.26. The Balaban J connectivity index is 1.69. The van der Waals surface area contributed by atoms with Gasteiger partial charge in [-0.25, -0.2) is 13.2 Å². The predicted molar refractivity (Wildman–Crippen MR) is 99.3 cm³/mol. The van der Waals surface area contributed by atoms with E-state index in [0.717, 1.165) is 25.7 Å². The third-order valence-electron chi connectivity index (χ3n) is 5.39. The average Bonchev–Trinajstić information content (AvgIpc) is 3.25. The van der Waals surface area contributed by atoms with Gasteiger partial charge in [0.15, 0.2) is 16.4 Å². The van der Waals surface area contributed by atoms with E-state index >= 15 is 0 Å². The lowest BCUT2D eigenvalue weighted by Crippen LogP contribution is -2.48. The van der Waals surface area contributed by atoms with Crippen LogP contribution < -0.4 is 0 Å². The van der Waals surface area contributed by atoms with Crippen molar-refractivity contribution in [1.82, 2.24) is 4.90 Å². The first-order chi connectivity index (χ1) is 12.8. The summed E-state index contributed by atoms with van der Waals surface area (Å²) in [6, 6.07) is 4.38. The summed E-state index contributed by atoms with van der Waals surface area (Å²) in [5.74, 6) is -1.24. The van der Waals surface area contributed by atoms with Crippen LogP contribution in [0.1, 0.15) is 48.0 Å². The first kappa shape index (κ1) is 19.7. The number of amides is 1. The van der Waals surface area contributed by atoms with Crippen molar-refractivity contribution in [2.75, 3.05) is 18.1 Å². The number of aryl methyl sites for hydroxylation is 1. The zero-order valence-corrected chi connectivity index (χ0v) is 16.2. The molecule has 0 aromatic heterocycles. The molecule has 3 rings (SSSR count). The van der Waals surface area contributed by atoms with Crippen molar-refractivity contribution in [3.63, 3.8) is 0 Å². The molecule has 2 fully saturated rings. The number of ether oxygens (including phenoxy) is 1. The lowest BCUT2D eigenvalue weighted by atomic mass is 10.1. The second kappa shape index (κ2) is 7.88. The molecule has 2 aliphatic rings. The number of phenols is 1. The van der Waals surface area contributed by atoms with E-state index in [1.165, 1.54) is 6.07 Å². The third kappa shape index (κ3) is 4.43. The molecule has 7 nitrogen and oxygen atoms in total. The van der Waals surface area contributed by atoms with Crippen molar-refractivity contribution in [3.8, 4) is 5.75 Å². The van der Waals surface area contributed by atoms with Crippen molar-refractivity contribution in [3.05, 3.63) is 29.3 Å². The fraction of sp³-hybridized carbons (Fsp3) is 0.579. The zero-order chi connectivity index (χ0) is 19.6. The SMILES string of the molecule is Cc1cccc(C(=O)OCC(=O)N(C2CCCC2)[C@@H]2CCS(=O)(=O)C2)c1O. The van der Waals surface area contributed by atoms with E-state index in [2.05, 4.69) is 0 Å². The van der Waals surface area contributed by atoms with Crippen LogP contribution in [0.3, 0.4) is 0 Å². The van der Waals surface area contributed by atoms with Crippen molar-refractivity contribution < 1.29 is 27.9 Å². The number of carbonyl (C=O) groups is 2. The van der Waals surface area contributed by atoms with Gasteiger partial charge in [0.2, 0.25) is 0 Å². The lowest BCUT2D eigenvalue weighted by molar-refractivity contribution is -0.139. The van der Waals surface area contributed by atoms with Crippen LogP contribution in [0.25, 0.3) is 0 Å². The molecule has 1 N–H and O–H groups in total. The monoisotopic (exact) mass is 395 g/mol. The van der Waals surface area contributed by atoms with Gasteiger partial charge in [-0.2, -0.15) is 0 Å². The molecule has 1 aliphatic heterocycles. The Morgan fingerprint density at radius 2 is 1.89 bits per heavy atom. The summed E-state index contributed by atoms with van der Waals surface area (Å²) in [6.45, 7) is 1.21. The fourth-order valence-electron chi connectivity index (χ4n) is 3.99. The normalized spacial score (nSPS) is 21.9. The summed E-state index contributed by atoms with van der Waals surface area (Å²) in [6.07, 6.45) is 4.12. The second-order valence-corrected chi connectivity index (χ2v) is 9.57. The lowest BCUT2D eigenvalue weighted by Gasteiger charge is -2.33. The number of carbonyl (C=O) groups excluding carboxylic acids is 2. The van der Waals surface area contributed by atoms with Crippen molar-refractivity contribution in [2.45, 2.75) is 51.1 Å². The summed E-state index contributed by atoms with van der Waals surface area (Å²) in [7, 11) is -3.12. The number of benzene rings is 1. The Kier molecular flexibility index (Phi) is 5.74. The van der Waals surface area contributed by atoms with Crippen molar-refractivity contribution in [1.29, 1.82) is 0 Å². The Morgan fingerprint density at radius 1 is 1.19 bits per heavy atom. The van der Waals surface area contributed by atoms with Crippen LogP contribution in [-0.2, 0) is 19.4 Å². The van der Waals surface area contributed by atoms with Crippen LogP contribution >= 0.6 is 0 Å². The zero-order valence-electron chi connectivity index (χ0n) is 15.4. The molecule has 1 saturated heterocycles. The summed E-state index contributed by atoms with van der Waals surface area (Å²) in [5.41, 5.74) is 0.554. The highest BCUT2D eigenvalue weighted by molar-refractivity contribution is 7.91. The van der Waals surface area contributed by atoms with Crippen LogP contribution in [0, 0.1) is 6.92 Å². The maximum atomic E-state index is 12.8. The highest BCUT2D eigenvalue weighted by atomic mass is 32.2. The summed E-state index contributed by atoms with van der Waals surface area (Å²) >= 11 is 0. The Hall–Kier alpha value is -2.09. The molecular weight excluding hydrogens is 370 g/mol. The predicted octanol–water partition coefficient (Wildman–Crippen LogP) is 1.82. The summed E-state index contributed by atoms with van der Waals surface area (Å²) in [5, 5.41) is 9.98. The van der Waals surface area contributed by atoms with Crippen LogP contribution in [-0.4, -0.2) is 60.5 Å². The maximum Gasteiger partial charge on any atom is 0.342 e. The molecule has 1 aliphatic carbocycles. The van der Waals surface area contributed by atoms with E-state index < -0.39 is 22.4 Å². The highest BCUT2D eigenvalue weighted by Crippen LogP contribution is 2.29. The molecule has 8 heteroatoms. The Bertz CT molecular complexity index is 829. The van der Waals surface area contributed by atoms with Crippen LogP contribution in [0.15, 0.2) is 18.2 Å². The van der Waals surface area contributed by atoms with E-state index in [1.807, 2.05) is 0 Å². The molecule has 1 saturated carbocycles. The Morgan fingerprint density at radius 3 is 2.52 bits per heavy atom. The molecule has 148 valence electrons. The van der Waals surface area contributed by atoms with E-state index in [4.69, 9.17) is 4.74 Å². The average molecular weight is 395 g/mol. The molecule has 1 heterocycles. The number of aromatic hydroxyl groups is 1. The van der Waals surface area contributed by atoms with Crippen molar-refractivity contribution >= 4 is 21.7 Å². The van der Waals surface area contributed by atoms with Gasteiger partial charge < -0.3 is 14.7 Å². The van der Waals surface area contributed by atoms with Gasteiger partial charge in [0.25, 0.3) is 5.91 Å². The van der Waals surface area contributed by atoms with Gasteiger partial charge in [-0.1, -0.05) is 25.0 Å². The van der Waals surface area contributed by atoms with E-state index in [0.29, 0.717) is 12.0 Å². The number of nitrogens with zero attached hydrogens (tertiary/aromatic N) is 1. The first-order valence-corrected chi connectivity index (χ1v) is 11.1. The molecule has 0 radical (unpaired) electrons. The highest BCUT2D eigenvalue weighted by Gasteiger charge is 2.39. The summed E-state index contributed by atoms with van der Waals surface area (Å²) < 4.78 is 28.8. The van der Waals surface area contributed by atoms with Crippen molar-refractivity contribution in [2.24, 2.45) is 0 Å². The van der Waals surface area contributed by atoms with Gasteiger partial charge in [0, 0.05) is 12.1 Å². The maximum absolute atomic E-state index is 12.8. The van der Waals surface area contributed by atoms with Crippen LogP contribution in [0.4, 0.5) is 0 Å². The number of esters is 1. The minimum absolute atomic E-state index is 0.00174. The van der Waals surface area contributed by atoms with Gasteiger partial charge in [-0.05, 0) is 37.8 Å². The molecular formula is C19H25NO6S. The number of phenolic OH excluding ortho intramolecular Hbond substituents is 1. The Labute approximate surface area is 159 Å². The molecule has 0 spiro atoms. The minimum atomic E-state index is -3.12. The van der Waals surface area contributed by atoms with Gasteiger partial charge in [-0.3, -0.25) is 4.79 Å². The number of rotatable bonds is 5. The van der Waals surface area contributed by atoms with E-state index in [9.17, 15) is 23.1 Å². The molecule has 1 aromatic carbocycles. The molecule has 0 unspecified atom stereocenters. The fourth-order valence-corrected chi connectivity index (χ4v) is 5.70. The minimum Gasteiger partial charge on any atom is -0.507 e. The third-order valence-corrected chi connectivity index (χ3v) is 7.14. The molecule has 0 bridgehead atoms. The summed E-state index contributed by atoms with van der Waals surface area (Å²) in [4.78, 5) is 26.7. The van der Waals surface area contributed by atoms with Gasteiger partial charge in [-0.15, -0.1) is 0 Å².